The third kappa shape index (κ3) is 10.0. The normalized spacial score (nSPS) is 12.9. The lowest BCUT2D eigenvalue weighted by Gasteiger charge is -2.17. The molecule has 0 spiro atoms. The second-order valence-corrected chi connectivity index (χ2v) is 22.6. The Morgan fingerprint density at radius 3 is 1.24 bits per heavy atom. The van der Waals surface area contributed by atoms with E-state index in [0.29, 0.717) is 39.8 Å². The number of hydrogen-bond acceptors (Lipinski definition) is 6. The van der Waals surface area contributed by atoms with Gasteiger partial charge >= 0.3 is 0 Å². The first-order valence-corrected chi connectivity index (χ1v) is 27.1. The molecular formula is C54H61Br2N3O2S2. The maximum absolute atomic E-state index is 14.9. The molecule has 9 heteroatoms. The van der Waals surface area contributed by atoms with Crippen LogP contribution in [0.2, 0.25) is 0 Å². The van der Waals surface area contributed by atoms with Crippen molar-refractivity contribution >= 4 is 110 Å². The molecule has 0 bridgehead atoms. The minimum atomic E-state index is -0.229. The molecule has 0 aliphatic carbocycles. The summed E-state index contributed by atoms with van der Waals surface area (Å²) in [6.45, 7) is 7.16. The number of carbonyl (C=O) groups is 2. The summed E-state index contributed by atoms with van der Waals surface area (Å²) in [5.74, 6) is -0.458. The van der Waals surface area contributed by atoms with Crippen molar-refractivity contribution < 1.29 is 9.59 Å². The molecule has 4 aromatic carbocycles. The molecule has 1 aliphatic rings. The number of hydrogen-bond donors (Lipinski definition) is 0. The smallest absolute Gasteiger partial charge is 0.262 e. The van der Waals surface area contributed by atoms with E-state index in [-0.39, 0.29) is 11.8 Å². The summed E-state index contributed by atoms with van der Waals surface area (Å²) in [4.78, 5) is 44.6. The Hall–Kier alpha value is -3.50. The summed E-state index contributed by atoms with van der Waals surface area (Å²) in [5, 5.41) is 4.52. The van der Waals surface area contributed by atoms with Crippen molar-refractivity contribution in [3.8, 4) is 20.9 Å². The highest BCUT2D eigenvalue weighted by Crippen LogP contribution is 2.49. The summed E-state index contributed by atoms with van der Waals surface area (Å²) in [6.07, 6.45) is 23.5. The zero-order valence-electron chi connectivity index (χ0n) is 37.4. The maximum Gasteiger partial charge on any atom is 0.262 e. The van der Waals surface area contributed by atoms with Gasteiger partial charge in [0.25, 0.3) is 11.8 Å². The van der Waals surface area contributed by atoms with Crippen molar-refractivity contribution in [1.29, 1.82) is 0 Å². The molecule has 1 aliphatic heterocycles. The Morgan fingerprint density at radius 1 is 0.444 bits per heavy atom. The molecular weight excluding hydrogens is 947 g/mol. The number of aromatic nitrogens is 2. The summed E-state index contributed by atoms with van der Waals surface area (Å²) in [7, 11) is 0. The average Bonchev–Trinajstić information content (AvgIpc) is 3.99. The van der Waals surface area contributed by atoms with Gasteiger partial charge in [-0.2, -0.15) is 0 Å². The number of rotatable bonds is 23. The van der Waals surface area contributed by atoms with Crippen LogP contribution in [0, 0.1) is 0 Å². The van der Waals surface area contributed by atoms with E-state index in [4.69, 9.17) is 9.97 Å². The number of benzene rings is 4. The molecule has 0 saturated carbocycles. The van der Waals surface area contributed by atoms with Crippen molar-refractivity contribution in [1.82, 2.24) is 14.9 Å². The van der Waals surface area contributed by atoms with Crippen molar-refractivity contribution in [2.75, 3.05) is 6.54 Å². The SMILES string of the molecule is CCCCCCCCc1ccc2c3ccc(CCCCCCCC)cc3c3nc4c(-c5ccc(Br)s5)c5c(c(-c6ccc(Br)s6)c4nc3c2c1)C(=O)N(CCCCCCCC)C5=O. The zero-order chi connectivity index (χ0) is 43.9. The van der Waals surface area contributed by atoms with Gasteiger partial charge in [-0.25, -0.2) is 9.97 Å². The van der Waals surface area contributed by atoms with Crippen LogP contribution in [0.3, 0.4) is 0 Å². The lowest BCUT2D eigenvalue weighted by atomic mass is 9.91. The summed E-state index contributed by atoms with van der Waals surface area (Å²) < 4.78 is 1.91. The quantitative estimate of drug-likeness (QED) is 0.0277. The molecule has 8 rings (SSSR count). The third-order valence-corrected chi connectivity index (χ3v) is 16.3. The van der Waals surface area contributed by atoms with Crippen LogP contribution in [-0.4, -0.2) is 33.2 Å². The lowest BCUT2D eigenvalue weighted by Crippen LogP contribution is -2.30. The molecule has 5 nitrogen and oxygen atoms in total. The van der Waals surface area contributed by atoms with Gasteiger partial charge in [0.15, 0.2) is 0 Å². The number of nitrogens with zero attached hydrogens (tertiary/aromatic N) is 3. The first-order valence-electron chi connectivity index (χ1n) is 23.9. The van der Waals surface area contributed by atoms with Crippen LogP contribution in [0.4, 0.5) is 0 Å². The van der Waals surface area contributed by atoms with Gasteiger partial charge in [-0.15, -0.1) is 22.7 Å². The largest absolute Gasteiger partial charge is 0.274 e. The molecule has 0 N–H and O–H groups in total. The van der Waals surface area contributed by atoms with Crippen molar-refractivity contribution in [3.63, 3.8) is 0 Å². The number of carbonyl (C=O) groups excluding carboxylic acids is 2. The lowest BCUT2D eigenvalue weighted by molar-refractivity contribution is 0.0652. The highest BCUT2D eigenvalue weighted by Gasteiger charge is 2.42. The fraction of sp³-hybridized carbons (Fsp3) is 0.444. The Morgan fingerprint density at radius 2 is 0.841 bits per heavy atom. The first kappa shape index (κ1) is 46.0. The highest BCUT2D eigenvalue weighted by molar-refractivity contribution is 9.11. The van der Waals surface area contributed by atoms with Crippen LogP contribution in [0.1, 0.15) is 168 Å². The molecule has 0 unspecified atom stereocenters. The molecule has 0 atom stereocenters. The van der Waals surface area contributed by atoms with E-state index in [1.165, 1.54) is 110 Å². The predicted molar refractivity (Wildman–Crippen MR) is 277 cm³/mol. The molecule has 330 valence electrons. The van der Waals surface area contributed by atoms with Crippen LogP contribution in [0.15, 0.2) is 68.2 Å². The van der Waals surface area contributed by atoms with E-state index in [2.05, 4.69) is 101 Å². The fourth-order valence-electron chi connectivity index (χ4n) is 9.64. The second-order valence-electron chi connectivity index (χ2n) is 17.7. The average molecular weight is 1010 g/mol. The Balaban J connectivity index is 1.36. The van der Waals surface area contributed by atoms with Gasteiger partial charge in [0.1, 0.15) is 0 Å². The zero-order valence-corrected chi connectivity index (χ0v) is 42.2. The van der Waals surface area contributed by atoms with Crippen molar-refractivity contribution in [3.05, 3.63) is 90.5 Å². The molecule has 7 aromatic rings. The number of imide groups is 1. The Bertz CT molecular complexity index is 2580. The monoisotopic (exact) mass is 1010 g/mol. The molecule has 0 radical (unpaired) electrons. The minimum Gasteiger partial charge on any atom is -0.274 e. The van der Waals surface area contributed by atoms with Crippen molar-refractivity contribution in [2.45, 2.75) is 149 Å². The van der Waals surface area contributed by atoms with Gasteiger partial charge in [-0.05, 0) is 122 Å². The molecule has 2 amide bonds. The van der Waals surface area contributed by atoms with E-state index >= 15 is 0 Å². The fourth-order valence-corrected chi connectivity index (χ4v) is 12.5. The molecule has 3 aromatic heterocycles. The van der Waals surface area contributed by atoms with Crippen LogP contribution >= 0.6 is 54.5 Å². The van der Waals surface area contributed by atoms with Crippen LogP contribution in [-0.2, 0) is 12.8 Å². The van der Waals surface area contributed by atoms with Gasteiger partial charge in [0.05, 0.1) is 40.8 Å². The maximum atomic E-state index is 14.9. The number of fused-ring (bicyclic) bond motifs is 8. The topological polar surface area (TPSA) is 63.2 Å². The number of unbranched alkanes of at least 4 members (excludes halogenated alkanes) is 15. The van der Waals surface area contributed by atoms with Crippen LogP contribution in [0.5, 0.6) is 0 Å². The van der Waals surface area contributed by atoms with Gasteiger partial charge in [-0.3, -0.25) is 14.5 Å². The van der Waals surface area contributed by atoms with Crippen molar-refractivity contribution in [2.24, 2.45) is 0 Å². The van der Waals surface area contributed by atoms with E-state index in [0.717, 1.165) is 84.1 Å². The van der Waals surface area contributed by atoms with E-state index in [1.54, 1.807) is 22.7 Å². The number of thiophene rings is 2. The molecule has 0 saturated heterocycles. The number of amides is 2. The first-order chi connectivity index (χ1) is 30.8. The molecule has 63 heavy (non-hydrogen) atoms. The van der Waals surface area contributed by atoms with E-state index in [1.807, 2.05) is 12.1 Å². The number of halogens is 2. The predicted octanol–water partition coefficient (Wildman–Crippen LogP) is 17.8. The minimum absolute atomic E-state index is 0.229. The van der Waals surface area contributed by atoms with Gasteiger partial charge in [-0.1, -0.05) is 141 Å². The second kappa shape index (κ2) is 21.7. The third-order valence-electron chi connectivity index (χ3n) is 13.0. The standard InChI is InChI=1S/C54H61Br2N3O2S2/c1-4-7-10-13-16-19-22-35-24-26-37-38-27-25-36(23-20-17-14-11-8-5-2)34-40(38)50-49(39(37)33-35)57-51-45(41-28-30-43(55)62-41)47-48(46(52(51)58-50)42-29-31-44(56)63-42)54(61)59(53(47)60)32-21-18-15-12-9-6-3/h24-31,33-34H,4-23,32H2,1-3H3. The Kier molecular flexibility index (Phi) is 15.8. The van der Waals surface area contributed by atoms with Crippen LogP contribution in [0.25, 0.3) is 64.5 Å². The van der Waals surface area contributed by atoms with Crippen LogP contribution < -0.4 is 0 Å². The number of aryl methyl sites for hydroxylation is 2. The van der Waals surface area contributed by atoms with Gasteiger partial charge < -0.3 is 0 Å². The summed E-state index contributed by atoms with van der Waals surface area (Å²) in [6, 6.07) is 22.1. The van der Waals surface area contributed by atoms with Gasteiger partial charge in [0, 0.05) is 38.2 Å². The molecule has 0 fully saturated rings. The van der Waals surface area contributed by atoms with E-state index < -0.39 is 0 Å². The van der Waals surface area contributed by atoms with E-state index in [9.17, 15) is 9.59 Å². The van der Waals surface area contributed by atoms with Gasteiger partial charge in [0.2, 0.25) is 0 Å². The highest BCUT2D eigenvalue weighted by atomic mass is 79.9. The summed E-state index contributed by atoms with van der Waals surface area (Å²) in [5.41, 5.74) is 7.99. The molecule has 4 heterocycles. The summed E-state index contributed by atoms with van der Waals surface area (Å²) >= 11 is 10.6. The Labute approximate surface area is 398 Å².